The van der Waals surface area contributed by atoms with Crippen LogP contribution >= 0.6 is 11.8 Å². The molecule has 3 nitrogen and oxygen atoms in total. The van der Waals surface area contributed by atoms with Crippen molar-refractivity contribution in [1.29, 1.82) is 0 Å². The Balaban J connectivity index is 1.91. The molecule has 4 heteroatoms. The zero-order valence-corrected chi connectivity index (χ0v) is 11.9. The first-order valence-electron chi connectivity index (χ1n) is 6.59. The summed E-state index contributed by atoms with van der Waals surface area (Å²) in [5.74, 6) is 0.499. The first-order chi connectivity index (χ1) is 9.28. The minimum Gasteiger partial charge on any atom is -0.463 e. The van der Waals surface area contributed by atoms with Crippen LogP contribution < -0.4 is 5.32 Å². The van der Waals surface area contributed by atoms with Gasteiger partial charge in [-0.05, 0) is 31.9 Å². The van der Waals surface area contributed by atoms with E-state index in [1.165, 1.54) is 17.7 Å². The van der Waals surface area contributed by atoms with E-state index in [1.54, 1.807) is 17.8 Å². The van der Waals surface area contributed by atoms with Crippen LogP contribution in [0.5, 0.6) is 0 Å². The third kappa shape index (κ3) is 5.39. The first-order valence-corrected chi connectivity index (χ1v) is 7.58. The zero-order valence-electron chi connectivity index (χ0n) is 11.1. The molecule has 0 aromatic heterocycles. The minimum absolute atomic E-state index is 0.265. The van der Waals surface area contributed by atoms with E-state index in [0.29, 0.717) is 12.6 Å². The number of ether oxygens (including phenoxy) is 1. The standard InChI is InChI=1S/C15H19NO2S/c1-2-18-15(17)10-13(16-12-8-9-12)11-19-14-6-4-3-5-7-14/h3-7,10,12,16H,2,8-9,11H2,1H3. The van der Waals surface area contributed by atoms with Crippen LogP contribution in [0.2, 0.25) is 0 Å². The van der Waals surface area contributed by atoms with Crippen molar-refractivity contribution >= 4 is 17.7 Å². The number of benzene rings is 1. The largest absolute Gasteiger partial charge is 0.463 e. The van der Waals surface area contributed by atoms with Crippen LogP contribution in [0.3, 0.4) is 0 Å². The predicted molar refractivity (Wildman–Crippen MR) is 78.0 cm³/mol. The van der Waals surface area contributed by atoms with Crippen molar-refractivity contribution in [1.82, 2.24) is 5.32 Å². The van der Waals surface area contributed by atoms with Gasteiger partial charge in [-0.2, -0.15) is 0 Å². The molecule has 0 saturated heterocycles. The number of hydrogen-bond donors (Lipinski definition) is 1. The second kappa shape index (κ2) is 7.24. The summed E-state index contributed by atoms with van der Waals surface area (Å²) in [6.07, 6.45) is 3.96. The molecule has 0 atom stereocenters. The van der Waals surface area contributed by atoms with Crippen molar-refractivity contribution in [2.45, 2.75) is 30.7 Å². The van der Waals surface area contributed by atoms with Gasteiger partial charge in [-0.3, -0.25) is 0 Å². The maximum atomic E-state index is 11.5. The van der Waals surface area contributed by atoms with Gasteiger partial charge in [0.2, 0.25) is 0 Å². The summed E-state index contributed by atoms with van der Waals surface area (Å²) in [6, 6.07) is 10.7. The summed E-state index contributed by atoms with van der Waals surface area (Å²) in [7, 11) is 0. The minimum atomic E-state index is -0.265. The Morgan fingerprint density at radius 3 is 2.79 bits per heavy atom. The highest BCUT2D eigenvalue weighted by molar-refractivity contribution is 7.99. The Bertz CT molecular complexity index is 441. The fraction of sp³-hybridized carbons (Fsp3) is 0.400. The van der Waals surface area contributed by atoms with Crippen LogP contribution in [0.25, 0.3) is 0 Å². The zero-order chi connectivity index (χ0) is 13.5. The summed E-state index contributed by atoms with van der Waals surface area (Å²) in [5, 5.41) is 3.39. The number of carbonyl (C=O) groups is 1. The van der Waals surface area contributed by atoms with E-state index in [0.717, 1.165) is 11.4 Å². The van der Waals surface area contributed by atoms with Crippen LogP contribution in [-0.2, 0) is 9.53 Å². The van der Waals surface area contributed by atoms with Crippen molar-refractivity contribution < 1.29 is 9.53 Å². The van der Waals surface area contributed by atoms with E-state index in [4.69, 9.17) is 4.74 Å². The monoisotopic (exact) mass is 277 g/mol. The van der Waals surface area contributed by atoms with Gasteiger partial charge in [0, 0.05) is 28.5 Å². The Morgan fingerprint density at radius 2 is 2.16 bits per heavy atom. The Labute approximate surface area is 118 Å². The van der Waals surface area contributed by atoms with Gasteiger partial charge >= 0.3 is 5.97 Å². The van der Waals surface area contributed by atoms with E-state index >= 15 is 0 Å². The number of esters is 1. The number of thioether (sulfide) groups is 1. The van der Waals surface area contributed by atoms with Gasteiger partial charge in [0.1, 0.15) is 0 Å². The van der Waals surface area contributed by atoms with E-state index in [9.17, 15) is 4.79 Å². The average Bonchev–Trinajstić information content (AvgIpc) is 3.21. The van der Waals surface area contributed by atoms with Crippen molar-refractivity contribution in [3.63, 3.8) is 0 Å². The molecular weight excluding hydrogens is 258 g/mol. The number of rotatable bonds is 7. The lowest BCUT2D eigenvalue weighted by Gasteiger charge is -2.10. The SMILES string of the molecule is CCOC(=O)C=C(CSc1ccccc1)NC1CC1. The molecule has 0 radical (unpaired) electrons. The molecule has 102 valence electrons. The molecule has 0 aliphatic heterocycles. The fourth-order valence-corrected chi connectivity index (χ4v) is 2.46. The number of hydrogen-bond acceptors (Lipinski definition) is 4. The summed E-state index contributed by atoms with van der Waals surface area (Å²) in [6.45, 7) is 2.23. The normalized spacial score (nSPS) is 15.1. The second-order valence-electron chi connectivity index (χ2n) is 4.44. The second-order valence-corrected chi connectivity index (χ2v) is 5.49. The highest BCUT2D eigenvalue weighted by Crippen LogP contribution is 2.24. The van der Waals surface area contributed by atoms with Gasteiger partial charge in [0.15, 0.2) is 0 Å². The van der Waals surface area contributed by atoms with Gasteiger partial charge in [-0.15, -0.1) is 11.8 Å². The van der Waals surface area contributed by atoms with Crippen LogP contribution in [0.15, 0.2) is 47.0 Å². The highest BCUT2D eigenvalue weighted by Gasteiger charge is 2.22. The van der Waals surface area contributed by atoms with Crippen LogP contribution in [-0.4, -0.2) is 24.4 Å². The number of nitrogens with one attached hydrogen (secondary N) is 1. The Kier molecular flexibility index (Phi) is 5.33. The molecular formula is C15H19NO2S. The summed E-state index contributed by atoms with van der Waals surface area (Å²) < 4.78 is 4.96. The molecule has 0 heterocycles. The van der Waals surface area contributed by atoms with Crippen LogP contribution in [0.4, 0.5) is 0 Å². The summed E-state index contributed by atoms with van der Waals surface area (Å²) in [4.78, 5) is 12.7. The Morgan fingerprint density at radius 1 is 1.42 bits per heavy atom. The molecule has 1 aliphatic rings. The lowest BCUT2D eigenvalue weighted by Crippen LogP contribution is -2.19. The summed E-state index contributed by atoms with van der Waals surface area (Å²) >= 11 is 1.72. The van der Waals surface area contributed by atoms with E-state index in [-0.39, 0.29) is 5.97 Å². The first kappa shape index (κ1) is 14.0. The third-order valence-corrected chi connectivity index (χ3v) is 3.74. The lowest BCUT2D eigenvalue weighted by molar-refractivity contribution is -0.137. The molecule has 2 rings (SSSR count). The van der Waals surface area contributed by atoms with E-state index < -0.39 is 0 Å². The molecule has 1 aromatic carbocycles. The van der Waals surface area contributed by atoms with Crippen LogP contribution in [0.1, 0.15) is 19.8 Å². The molecule has 1 aromatic rings. The van der Waals surface area contributed by atoms with Crippen LogP contribution in [0, 0.1) is 0 Å². The molecule has 1 N–H and O–H groups in total. The van der Waals surface area contributed by atoms with Crippen molar-refractivity contribution in [3.05, 3.63) is 42.1 Å². The van der Waals surface area contributed by atoms with Crippen molar-refractivity contribution in [2.24, 2.45) is 0 Å². The van der Waals surface area contributed by atoms with E-state index in [1.807, 2.05) is 25.1 Å². The van der Waals surface area contributed by atoms with Gasteiger partial charge in [-0.1, -0.05) is 18.2 Å². The fourth-order valence-electron chi connectivity index (χ4n) is 1.62. The van der Waals surface area contributed by atoms with E-state index in [2.05, 4.69) is 17.4 Å². The Hall–Kier alpha value is -1.42. The highest BCUT2D eigenvalue weighted by atomic mass is 32.2. The topological polar surface area (TPSA) is 38.3 Å². The molecule has 1 fully saturated rings. The van der Waals surface area contributed by atoms with Gasteiger partial charge in [0.05, 0.1) is 6.61 Å². The molecule has 1 aliphatic carbocycles. The maximum Gasteiger partial charge on any atom is 0.332 e. The van der Waals surface area contributed by atoms with Crippen molar-refractivity contribution in [3.8, 4) is 0 Å². The molecule has 0 spiro atoms. The molecule has 1 saturated carbocycles. The summed E-state index contributed by atoms with van der Waals surface area (Å²) in [5.41, 5.74) is 0.954. The molecule has 19 heavy (non-hydrogen) atoms. The van der Waals surface area contributed by atoms with Gasteiger partial charge in [0.25, 0.3) is 0 Å². The van der Waals surface area contributed by atoms with Gasteiger partial charge in [-0.25, -0.2) is 4.79 Å². The van der Waals surface area contributed by atoms with Crippen molar-refractivity contribution in [2.75, 3.05) is 12.4 Å². The number of carbonyl (C=O) groups excluding carboxylic acids is 1. The predicted octanol–water partition coefficient (Wildman–Crippen LogP) is 2.98. The average molecular weight is 277 g/mol. The molecule has 0 unspecified atom stereocenters. The maximum absolute atomic E-state index is 11.5. The van der Waals surface area contributed by atoms with Gasteiger partial charge < -0.3 is 10.1 Å². The smallest absolute Gasteiger partial charge is 0.332 e. The molecule has 0 bridgehead atoms. The third-order valence-electron chi connectivity index (χ3n) is 2.68. The lowest BCUT2D eigenvalue weighted by atomic mass is 10.4. The molecule has 0 amide bonds. The quantitative estimate of drug-likeness (QED) is 0.472.